The van der Waals surface area contributed by atoms with Crippen molar-refractivity contribution in [2.45, 2.75) is 101 Å². The summed E-state index contributed by atoms with van der Waals surface area (Å²) >= 11 is 6.40. The van der Waals surface area contributed by atoms with Crippen LogP contribution in [0.2, 0.25) is 23.2 Å². The summed E-state index contributed by atoms with van der Waals surface area (Å²) in [7, 11) is -5.90. The van der Waals surface area contributed by atoms with Crippen molar-refractivity contribution >= 4 is 41.6 Å². The molecule has 3 aliphatic rings. The predicted molar refractivity (Wildman–Crippen MR) is 202 cm³/mol. The summed E-state index contributed by atoms with van der Waals surface area (Å²) in [5.74, 6) is -0.496. The van der Waals surface area contributed by atoms with Crippen molar-refractivity contribution in [3.8, 4) is 5.75 Å². The van der Waals surface area contributed by atoms with Gasteiger partial charge in [-0.05, 0) is 117 Å². The Bertz CT molecular complexity index is 1690. The first-order valence-electron chi connectivity index (χ1n) is 17.9. The molecule has 0 amide bonds. The minimum atomic E-state index is -3.78. The molecular weight excluding hydrogens is 692 g/mol. The Hall–Kier alpha value is -2.41. The zero-order valence-electron chi connectivity index (χ0n) is 30.3. The molecule has 1 spiro atoms. The van der Waals surface area contributed by atoms with E-state index in [1.54, 1.807) is 31.2 Å². The van der Waals surface area contributed by atoms with E-state index in [-0.39, 0.29) is 40.4 Å². The van der Waals surface area contributed by atoms with Crippen LogP contribution in [0, 0.1) is 17.8 Å². The third-order valence-corrected chi connectivity index (χ3v) is 18.2. The molecule has 276 valence electrons. The summed E-state index contributed by atoms with van der Waals surface area (Å²) in [6, 6.07) is 11.2. The average molecular weight is 747 g/mol. The number of benzene rings is 2. The van der Waals surface area contributed by atoms with Crippen molar-refractivity contribution in [3.63, 3.8) is 0 Å². The van der Waals surface area contributed by atoms with Crippen LogP contribution < -0.4 is 14.8 Å². The van der Waals surface area contributed by atoms with E-state index in [2.05, 4.69) is 50.9 Å². The normalized spacial score (nSPS) is 24.5. The summed E-state index contributed by atoms with van der Waals surface area (Å²) in [6.45, 7) is 14.4. The van der Waals surface area contributed by atoms with E-state index in [4.69, 9.17) is 25.9 Å². The summed E-state index contributed by atoms with van der Waals surface area (Å²) < 4.78 is 37.6. The molecule has 0 saturated heterocycles. The van der Waals surface area contributed by atoms with Crippen LogP contribution in [0.4, 0.5) is 5.69 Å². The third kappa shape index (κ3) is 8.45. The molecule has 0 radical (unpaired) electrons. The van der Waals surface area contributed by atoms with E-state index in [9.17, 15) is 23.4 Å². The molecule has 1 heterocycles. The lowest BCUT2D eigenvalue weighted by Crippen LogP contribution is -2.49. The number of aryl methyl sites for hydroxylation is 1. The van der Waals surface area contributed by atoms with Crippen molar-refractivity contribution in [3.05, 3.63) is 70.3 Å². The van der Waals surface area contributed by atoms with Gasteiger partial charge in [-0.2, -0.15) is 0 Å². The minimum absolute atomic E-state index is 0.00697. The van der Waals surface area contributed by atoms with Crippen molar-refractivity contribution in [2.24, 2.45) is 22.9 Å². The molecule has 4 N–H and O–H groups in total. The number of anilines is 1. The number of hydrogen-bond donors (Lipinski definition) is 3. The summed E-state index contributed by atoms with van der Waals surface area (Å²) in [5.41, 5.74) is 3.15. The highest BCUT2D eigenvalue weighted by atomic mass is 35.5. The van der Waals surface area contributed by atoms with Gasteiger partial charge in [-0.1, -0.05) is 50.6 Å². The van der Waals surface area contributed by atoms with Gasteiger partial charge < -0.3 is 24.3 Å². The van der Waals surface area contributed by atoms with Gasteiger partial charge in [0.25, 0.3) is 0 Å². The van der Waals surface area contributed by atoms with Crippen molar-refractivity contribution in [2.75, 3.05) is 31.2 Å². The predicted octanol–water partition coefficient (Wildman–Crippen LogP) is 7.16. The fraction of sp³-hybridized carbons (Fsp3) is 0.605. The van der Waals surface area contributed by atoms with Gasteiger partial charge >= 0.3 is 5.97 Å². The van der Waals surface area contributed by atoms with Gasteiger partial charge in [-0.3, -0.25) is 0 Å². The summed E-state index contributed by atoms with van der Waals surface area (Å²) in [5, 5.41) is 26.8. The highest BCUT2D eigenvalue weighted by Gasteiger charge is 2.44. The fourth-order valence-corrected chi connectivity index (χ4v) is 9.52. The number of primary sulfonamides is 1. The molecule has 0 unspecified atom stereocenters. The lowest BCUT2D eigenvalue weighted by molar-refractivity contribution is 0.0455. The first-order chi connectivity index (χ1) is 23.3. The molecule has 2 aromatic rings. The SMILES string of the molecule is C[C@H]([C@H](C/C=C/[C@H](O)[C@@H]1CC[C@H]1CN1C[C@@]2(CCCc3cc(Cl)ccc32)COc2ccc(C(=O)O)cc21)CO[Si](C)(C)C(C)(C)C)S(N)(=O)=O. The Balaban J connectivity index is 1.34. The number of carboxylic acids is 1. The van der Waals surface area contributed by atoms with Gasteiger partial charge in [0.2, 0.25) is 10.0 Å². The average Bonchev–Trinajstić information content (AvgIpc) is 3.16. The van der Waals surface area contributed by atoms with Gasteiger partial charge in [0, 0.05) is 36.1 Å². The number of aliphatic hydroxyl groups is 1. The monoisotopic (exact) mass is 746 g/mol. The van der Waals surface area contributed by atoms with Crippen molar-refractivity contribution in [1.82, 2.24) is 0 Å². The second-order valence-electron chi connectivity index (χ2n) is 16.4. The van der Waals surface area contributed by atoms with Gasteiger partial charge in [0.15, 0.2) is 8.32 Å². The van der Waals surface area contributed by atoms with Crippen molar-refractivity contribution < 1.29 is 32.6 Å². The molecule has 1 saturated carbocycles. The highest BCUT2D eigenvalue weighted by molar-refractivity contribution is 7.89. The Morgan fingerprint density at radius 2 is 1.96 bits per heavy atom. The number of sulfonamides is 1. The van der Waals surface area contributed by atoms with E-state index in [1.807, 2.05) is 12.1 Å². The number of aromatic carboxylic acids is 1. The number of halogens is 1. The first-order valence-corrected chi connectivity index (χ1v) is 22.8. The number of nitrogens with zero attached hydrogens (tertiary/aromatic N) is 1. The van der Waals surface area contributed by atoms with Crippen LogP contribution in [0.5, 0.6) is 5.75 Å². The Morgan fingerprint density at radius 1 is 1.22 bits per heavy atom. The molecule has 50 heavy (non-hydrogen) atoms. The van der Waals surface area contributed by atoms with Crippen LogP contribution >= 0.6 is 11.6 Å². The van der Waals surface area contributed by atoms with E-state index in [1.165, 1.54) is 11.1 Å². The number of carboxylic acid groups (broad SMARTS) is 1. The number of hydrogen-bond acceptors (Lipinski definition) is 7. The lowest BCUT2D eigenvalue weighted by Gasteiger charge is -2.45. The van der Waals surface area contributed by atoms with Crippen LogP contribution in [0.25, 0.3) is 0 Å². The Labute approximate surface area is 304 Å². The minimum Gasteiger partial charge on any atom is -0.490 e. The van der Waals surface area contributed by atoms with E-state index < -0.39 is 35.7 Å². The Morgan fingerprint density at radius 3 is 2.60 bits per heavy atom. The zero-order valence-corrected chi connectivity index (χ0v) is 32.9. The van der Waals surface area contributed by atoms with Gasteiger partial charge in [-0.25, -0.2) is 18.4 Å². The van der Waals surface area contributed by atoms with Crippen LogP contribution in [0.1, 0.15) is 81.3 Å². The number of rotatable bonds is 12. The number of allylic oxidation sites excluding steroid dienone is 1. The first kappa shape index (κ1) is 38.8. The molecule has 12 heteroatoms. The van der Waals surface area contributed by atoms with Crippen LogP contribution in [-0.2, 0) is 26.3 Å². The summed E-state index contributed by atoms with van der Waals surface area (Å²) in [4.78, 5) is 14.3. The quantitative estimate of drug-likeness (QED) is 0.154. The lowest BCUT2D eigenvalue weighted by atomic mass is 9.68. The largest absolute Gasteiger partial charge is 0.490 e. The molecule has 2 aromatic carbocycles. The molecule has 0 aromatic heterocycles. The molecule has 2 aliphatic carbocycles. The maximum Gasteiger partial charge on any atom is 0.335 e. The van der Waals surface area contributed by atoms with Gasteiger partial charge in [0.05, 0.1) is 29.2 Å². The topological polar surface area (TPSA) is 139 Å². The molecule has 1 aliphatic heterocycles. The maximum atomic E-state index is 12.4. The van der Waals surface area contributed by atoms with Crippen molar-refractivity contribution in [1.29, 1.82) is 0 Å². The summed E-state index contributed by atoms with van der Waals surface area (Å²) in [6.07, 6.45) is 8.09. The molecule has 0 bridgehead atoms. The standard InChI is InChI=1S/C38H55ClN2O7SSi/c1-25(49(40,45)46)29(22-48-50(5,6)37(2,3)4)9-7-11-34(42)31-15-12-28(31)21-41-23-38(18-8-10-26-19-30(39)14-16-32(26)38)24-47-35-17-13-27(36(43)44)20-33(35)41/h7,11,13-14,16-17,19-20,25,28-29,31,34,42H,8-10,12,15,18,21-24H2,1-6H3,(H,43,44)(H2,40,45,46)/b11-7+/t25-,28+,29-,31-,34+,38+/m1/s1. The number of fused-ring (bicyclic) bond motifs is 3. The van der Waals surface area contributed by atoms with Crippen LogP contribution in [-0.4, -0.2) is 70.6 Å². The molecule has 9 nitrogen and oxygen atoms in total. The number of aliphatic hydroxyl groups excluding tert-OH is 1. The maximum absolute atomic E-state index is 12.4. The zero-order chi connectivity index (χ0) is 36.6. The van der Waals surface area contributed by atoms with E-state index in [0.717, 1.165) is 42.8 Å². The second kappa shape index (κ2) is 14.9. The fourth-order valence-electron chi connectivity index (χ4n) is 7.53. The van der Waals surface area contributed by atoms with Gasteiger partial charge in [-0.15, -0.1) is 0 Å². The van der Waals surface area contributed by atoms with Crippen LogP contribution in [0.3, 0.4) is 0 Å². The Kier molecular flexibility index (Phi) is 11.6. The molecule has 5 rings (SSSR count). The second-order valence-corrected chi connectivity index (χ2v) is 23.5. The molecule has 6 atom stereocenters. The smallest absolute Gasteiger partial charge is 0.335 e. The van der Waals surface area contributed by atoms with Crippen LogP contribution in [0.15, 0.2) is 48.6 Å². The van der Waals surface area contributed by atoms with E-state index >= 15 is 0 Å². The number of carbonyl (C=O) groups is 1. The molecular formula is C38H55ClN2O7SSi. The molecule has 1 fully saturated rings. The third-order valence-electron chi connectivity index (χ3n) is 12.1. The van der Waals surface area contributed by atoms with Gasteiger partial charge in [0.1, 0.15) is 5.75 Å². The number of nitrogens with two attached hydrogens (primary N) is 1. The van der Waals surface area contributed by atoms with E-state index in [0.29, 0.717) is 31.9 Å². The highest BCUT2D eigenvalue weighted by Crippen LogP contribution is 2.47. The number of ether oxygens (including phenoxy) is 1.